The van der Waals surface area contributed by atoms with E-state index >= 15 is 0 Å². The van der Waals surface area contributed by atoms with Gasteiger partial charge in [-0.05, 0) is 53.4 Å². The lowest BCUT2D eigenvalue weighted by molar-refractivity contribution is 0.0641. The standard InChI is InChI=1S/C13H14Br2ClNO/c14-8-10-3-1-2-6-17(10)13(18)11-5-4-9(16)7-12(11)15/h4-5,7,10H,1-3,6,8H2. The summed E-state index contributed by atoms with van der Waals surface area (Å²) in [5.74, 6) is 0.0858. The third-order valence-electron chi connectivity index (χ3n) is 3.23. The first-order chi connectivity index (χ1) is 8.63. The molecular weight excluding hydrogens is 381 g/mol. The summed E-state index contributed by atoms with van der Waals surface area (Å²) >= 11 is 12.8. The fourth-order valence-corrected chi connectivity index (χ4v) is 3.77. The highest BCUT2D eigenvalue weighted by Crippen LogP contribution is 2.26. The van der Waals surface area contributed by atoms with Crippen LogP contribution in [-0.2, 0) is 0 Å². The normalized spacial score (nSPS) is 19.9. The lowest BCUT2D eigenvalue weighted by Gasteiger charge is -2.35. The molecule has 1 aliphatic rings. The van der Waals surface area contributed by atoms with E-state index < -0.39 is 0 Å². The van der Waals surface area contributed by atoms with Gasteiger partial charge in [-0.1, -0.05) is 27.5 Å². The van der Waals surface area contributed by atoms with E-state index in [1.165, 1.54) is 6.42 Å². The minimum atomic E-state index is 0.0858. The Bertz CT molecular complexity index is 453. The first kappa shape index (κ1) is 14.4. The van der Waals surface area contributed by atoms with Crippen LogP contribution in [0, 0.1) is 0 Å². The first-order valence-electron chi connectivity index (χ1n) is 5.95. The van der Waals surface area contributed by atoms with Crippen molar-refractivity contribution in [1.29, 1.82) is 0 Å². The van der Waals surface area contributed by atoms with Crippen molar-refractivity contribution in [1.82, 2.24) is 4.90 Å². The molecule has 1 aromatic rings. The second kappa shape index (κ2) is 6.40. The predicted molar refractivity (Wildman–Crippen MR) is 81.6 cm³/mol. The second-order valence-corrected chi connectivity index (χ2v) is 6.36. The van der Waals surface area contributed by atoms with Crippen molar-refractivity contribution in [3.8, 4) is 0 Å². The van der Waals surface area contributed by atoms with Crippen LogP contribution < -0.4 is 0 Å². The predicted octanol–water partition coefficient (Wildman–Crippen LogP) is 4.49. The summed E-state index contributed by atoms with van der Waals surface area (Å²) in [4.78, 5) is 14.5. The van der Waals surface area contributed by atoms with Crippen LogP contribution in [0.4, 0.5) is 0 Å². The van der Waals surface area contributed by atoms with Crippen molar-refractivity contribution < 1.29 is 4.79 Å². The maximum atomic E-state index is 12.5. The molecule has 1 fully saturated rings. The summed E-state index contributed by atoms with van der Waals surface area (Å²) in [5, 5.41) is 1.47. The zero-order chi connectivity index (χ0) is 13.1. The van der Waals surface area contributed by atoms with Crippen LogP contribution in [0.3, 0.4) is 0 Å². The first-order valence-corrected chi connectivity index (χ1v) is 8.24. The van der Waals surface area contributed by atoms with Crippen molar-refractivity contribution >= 4 is 49.4 Å². The van der Waals surface area contributed by atoms with Crippen LogP contribution in [0.25, 0.3) is 0 Å². The number of carbonyl (C=O) groups is 1. The number of hydrogen-bond acceptors (Lipinski definition) is 1. The molecule has 1 saturated heterocycles. The molecule has 5 heteroatoms. The molecular formula is C13H14Br2ClNO. The molecule has 1 amide bonds. The molecule has 0 saturated carbocycles. The molecule has 0 bridgehead atoms. The second-order valence-electron chi connectivity index (χ2n) is 4.43. The number of rotatable bonds is 2. The summed E-state index contributed by atoms with van der Waals surface area (Å²) < 4.78 is 0.763. The number of benzene rings is 1. The molecule has 1 heterocycles. The van der Waals surface area contributed by atoms with Gasteiger partial charge in [0.15, 0.2) is 0 Å². The Morgan fingerprint density at radius 1 is 1.44 bits per heavy atom. The van der Waals surface area contributed by atoms with Crippen molar-refractivity contribution in [3.05, 3.63) is 33.3 Å². The van der Waals surface area contributed by atoms with Crippen molar-refractivity contribution in [3.63, 3.8) is 0 Å². The van der Waals surface area contributed by atoms with Gasteiger partial charge in [-0.3, -0.25) is 4.79 Å². The lowest BCUT2D eigenvalue weighted by atomic mass is 10.0. The van der Waals surface area contributed by atoms with Crippen LogP contribution >= 0.6 is 43.5 Å². The molecule has 98 valence electrons. The summed E-state index contributed by atoms with van der Waals surface area (Å²) in [6.07, 6.45) is 3.35. The molecule has 1 atom stereocenters. The number of amides is 1. The topological polar surface area (TPSA) is 20.3 Å². The number of carbonyl (C=O) groups excluding carboxylic acids is 1. The van der Waals surface area contributed by atoms with Gasteiger partial charge in [-0.2, -0.15) is 0 Å². The molecule has 18 heavy (non-hydrogen) atoms. The number of alkyl halides is 1. The van der Waals surface area contributed by atoms with Crippen LogP contribution in [0.5, 0.6) is 0 Å². The smallest absolute Gasteiger partial charge is 0.255 e. The monoisotopic (exact) mass is 393 g/mol. The fourth-order valence-electron chi connectivity index (χ4n) is 2.25. The molecule has 0 aromatic heterocycles. The van der Waals surface area contributed by atoms with E-state index in [1.807, 2.05) is 4.90 Å². The number of likely N-dealkylation sites (tertiary alicyclic amines) is 1. The zero-order valence-corrected chi connectivity index (χ0v) is 13.8. The fraction of sp³-hybridized carbons (Fsp3) is 0.462. The summed E-state index contributed by atoms with van der Waals surface area (Å²) in [6.45, 7) is 0.837. The molecule has 0 spiro atoms. The van der Waals surface area contributed by atoms with Crippen molar-refractivity contribution in [2.75, 3.05) is 11.9 Å². The number of halogens is 3. The molecule has 1 aromatic carbocycles. The SMILES string of the molecule is O=C(c1ccc(Cl)cc1Br)N1CCCCC1CBr. The van der Waals surface area contributed by atoms with Crippen molar-refractivity contribution in [2.24, 2.45) is 0 Å². The summed E-state index contributed by atoms with van der Waals surface area (Å²) in [5.41, 5.74) is 0.687. The van der Waals surface area contributed by atoms with E-state index in [1.54, 1.807) is 18.2 Å². The Morgan fingerprint density at radius 3 is 2.89 bits per heavy atom. The van der Waals surface area contributed by atoms with E-state index in [9.17, 15) is 4.79 Å². The van der Waals surface area contributed by atoms with Gasteiger partial charge in [0.05, 0.1) is 5.56 Å². The number of piperidine rings is 1. The minimum Gasteiger partial charge on any atom is -0.335 e. The minimum absolute atomic E-state index is 0.0858. The highest BCUT2D eigenvalue weighted by Gasteiger charge is 2.27. The molecule has 1 unspecified atom stereocenters. The maximum absolute atomic E-state index is 12.5. The largest absolute Gasteiger partial charge is 0.335 e. The summed E-state index contributed by atoms with van der Waals surface area (Å²) in [6, 6.07) is 5.61. The third-order valence-corrected chi connectivity index (χ3v) is 4.87. The molecule has 0 N–H and O–H groups in total. The Morgan fingerprint density at radius 2 is 2.22 bits per heavy atom. The quantitative estimate of drug-likeness (QED) is 0.676. The number of hydrogen-bond donors (Lipinski definition) is 0. The van der Waals surface area contributed by atoms with Crippen LogP contribution in [0.1, 0.15) is 29.6 Å². The van der Waals surface area contributed by atoms with E-state index in [2.05, 4.69) is 31.9 Å². The Balaban J connectivity index is 2.24. The van der Waals surface area contributed by atoms with Crippen LogP contribution in [0.2, 0.25) is 5.02 Å². The van der Waals surface area contributed by atoms with Gasteiger partial charge >= 0.3 is 0 Å². The average molecular weight is 396 g/mol. The molecule has 1 aliphatic heterocycles. The average Bonchev–Trinajstić information content (AvgIpc) is 2.38. The third kappa shape index (κ3) is 3.09. The van der Waals surface area contributed by atoms with Gasteiger partial charge in [-0.15, -0.1) is 0 Å². The summed E-state index contributed by atoms with van der Waals surface area (Å²) in [7, 11) is 0. The Labute approximate surface area is 129 Å². The lowest BCUT2D eigenvalue weighted by Crippen LogP contribution is -2.44. The zero-order valence-electron chi connectivity index (χ0n) is 9.83. The van der Waals surface area contributed by atoms with E-state index in [4.69, 9.17) is 11.6 Å². The molecule has 0 radical (unpaired) electrons. The van der Waals surface area contributed by atoms with E-state index in [0.717, 1.165) is 29.2 Å². The van der Waals surface area contributed by atoms with Gasteiger partial charge in [0, 0.05) is 27.4 Å². The Hall–Kier alpha value is -0.0600. The van der Waals surface area contributed by atoms with Gasteiger partial charge < -0.3 is 4.90 Å². The van der Waals surface area contributed by atoms with E-state index in [-0.39, 0.29) is 5.91 Å². The van der Waals surface area contributed by atoms with Crippen LogP contribution in [0.15, 0.2) is 22.7 Å². The number of nitrogens with zero attached hydrogens (tertiary/aromatic N) is 1. The van der Waals surface area contributed by atoms with E-state index in [0.29, 0.717) is 16.6 Å². The van der Waals surface area contributed by atoms with Gasteiger partial charge in [0.1, 0.15) is 0 Å². The van der Waals surface area contributed by atoms with Crippen LogP contribution in [-0.4, -0.2) is 28.7 Å². The maximum Gasteiger partial charge on any atom is 0.255 e. The molecule has 2 rings (SSSR count). The molecule has 0 aliphatic carbocycles. The van der Waals surface area contributed by atoms with Gasteiger partial charge in [0.2, 0.25) is 0 Å². The van der Waals surface area contributed by atoms with Gasteiger partial charge in [0.25, 0.3) is 5.91 Å². The highest BCUT2D eigenvalue weighted by atomic mass is 79.9. The molecule has 2 nitrogen and oxygen atoms in total. The van der Waals surface area contributed by atoms with Gasteiger partial charge in [-0.25, -0.2) is 0 Å². The highest BCUT2D eigenvalue weighted by molar-refractivity contribution is 9.10. The Kier molecular flexibility index (Phi) is 5.10. The van der Waals surface area contributed by atoms with Crippen molar-refractivity contribution in [2.45, 2.75) is 25.3 Å².